The van der Waals surface area contributed by atoms with Crippen LogP contribution in [0.15, 0.2) is 12.1 Å². The molecule has 0 radical (unpaired) electrons. The fraction of sp³-hybridized carbons (Fsp3) is 0.429. The molecular weight excluding hydrogens is 298 g/mol. The van der Waals surface area contributed by atoms with Crippen molar-refractivity contribution in [3.63, 3.8) is 0 Å². The minimum absolute atomic E-state index is 0.118. The van der Waals surface area contributed by atoms with Crippen LogP contribution in [0.2, 0.25) is 5.02 Å². The van der Waals surface area contributed by atoms with Gasteiger partial charge in [0.2, 0.25) is 0 Å². The Balaban J connectivity index is 1.73. The van der Waals surface area contributed by atoms with Crippen molar-refractivity contribution in [2.75, 3.05) is 19.8 Å². The Bertz CT molecular complexity index is 612. The summed E-state index contributed by atoms with van der Waals surface area (Å²) in [5.74, 6) is -0.383. The maximum atomic E-state index is 12.1. The minimum Gasteiger partial charge on any atom is -0.486 e. The van der Waals surface area contributed by atoms with Gasteiger partial charge in [0.15, 0.2) is 11.5 Å². The number of ether oxygens (including phenoxy) is 2. The molecule has 112 valence electrons. The van der Waals surface area contributed by atoms with Gasteiger partial charge in [0.05, 0.1) is 10.4 Å². The summed E-state index contributed by atoms with van der Waals surface area (Å²) in [7, 11) is 0. The van der Waals surface area contributed by atoms with Crippen LogP contribution in [0.1, 0.15) is 23.2 Å². The first-order valence-corrected chi connectivity index (χ1v) is 7.00. The van der Waals surface area contributed by atoms with Crippen molar-refractivity contribution in [3.8, 4) is 11.5 Å². The normalized spacial score (nSPS) is 18.0. The van der Waals surface area contributed by atoms with E-state index in [1.807, 2.05) is 0 Å². The van der Waals surface area contributed by atoms with Crippen molar-refractivity contribution in [1.29, 1.82) is 0 Å². The molecule has 7 heteroatoms. The zero-order valence-electron chi connectivity index (χ0n) is 11.1. The van der Waals surface area contributed by atoms with Gasteiger partial charge in [0, 0.05) is 12.1 Å². The summed E-state index contributed by atoms with van der Waals surface area (Å²) >= 11 is 6.07. The first-order chi connectivity index (χ1) is 10.0. The number of hydrogen-bond donors (Lipinski definition) is 2. The maximum absolute atomic E-state index is 12.1. The summed E-state index contributed by atoms with van der Waals surface area (Å²) in [4.78, 5) is 23.2. The molecule has 6 nitrogen and oxygen atoms in total. The van der Waals surface area contributed by atoms with Crippen LogP contribution in [-0.2, 0) is 4.79 Å². The molecule has 2 aliphatic rings. The topological polar surface area (TPSA) is 84.9 Å². The van der Waals surface area contributed by atoms with E-state index in [0.717, 1.165) is 0 Å². The zero-order valence-corrected chi connectivity index (χ0v) is 11.9. The predicted molar refractivity (Wildman–Crippen MR) is 74.1 cm³/mol. The number of aliphatic carboxylic acids is 1. The molecule has 0 spiro atoms. The van der Waals surface area contributed by atoms with E-state index >= 15 is 0 Å². The van der Waals surface area contributed by atoms with Gasteiger partial charge in [-0.2, -0.15) is 0 Å². The second-order valence-electron chi connectivity index (χ2n) is 5.25. The molecule has 0 bridgehead atoms. The Labute approximate surface area is 126 Å². The number of carbonyl (C=O) groups excluding carboxylic acids is 1. The van der Waals surface area contributed by atoms with Gasteiger partial charge in [-0.1, -0.05) is 11.6 Å². The second-order valence-corrected chi connectivity index (χ2v) is 5.66. The van der Waals surface area contributed by atoms with Crippen LogP contribution >= 0.6 is 11.6 Å². The third-order valence-corrected chi connectivity index (χ3v) is 4.03. The summed E-state index contributed by atoms with van der Waals surface area (Å²) < 4.78 is 10.8. The minimum atomic E-state index is -0.872. The molecule has 0 unspecified atom stereocenters. The smallest absolute Gasteiger partial charge is 0.311 e. The summed E-state index contributed by atoms with van der Waals surface area (Å²) in [6.45, 7) is 0.934. The van der Waals surface area contributed by atoms with Crippen LogP contribution in [0.25, 0.3) is 0 Å². The first kappa shape index (κ1) is 14.0. The zero-order chi connectivity index (χ0) is 15.0. The SMILES string of the molecule is O=C(NCC1(C(=O)O)CC1)c1cc(Cl)c2c(c1)OCCO2. The van der Waals surface area contributed by atoms with E-state index in [9.17, 15) is 9.59 Å². The van der Waals surface area contributed by atoms with Crippen LogP contribution < -0.4 is 14.8 Å². The molecule has 1 heterocycles. The van der Waals surface area contributed by atoms with E-state index in [4.69, 9.17) is 26.2 Å². The Kier molecular flexibility index (Phi) is 3.41. The number of benzene rings is 1. The third kappa shape index (κ3) is 2.63. The third-order valence-electron chi connectivity index (χ3n) is 3.75. The quantitative estimate of drug-likeness (QED) is 0.884. The molecular formula is C14H14ClNO5. The highest BCUT2D eigenvalue weighted by molar-refractivity contribution is 6.32. The van der Waals surface area contributed by atoms with Gasteiger partial charge < -0.3 is 19.9 Å². The van der Waals surface area contributed by atoms with Crippen molar-refractivity contribution in [2.45, 2.75) is 12.8 Å². The first-order valence-electron chi connectivity index (χ1n) is 6.63. The molecule has 1 amide bonds. The number of nitrogens with one attached hydrogen (secondary N) is 1. The van der Waals surface area contributed by atoms with Crippen molar-refractivity contribution in [3.05, 3.63) is 22.7 Å². The second kappa shape index (κ2) is 5.11. The lowest BCUT2D eigenvalue weighted by molar-refractivity contribution is -0.143. The van der Waals surface area contributed by atoms with E-state index in [-0.39, 0.29) is 12.5 Å². The summed E-state index contributed by atoms with van der Waals surface area (Å²) in [5.41, 5.74) is -0.474. The molecule has 1 aromatic carbocycles. The van der Waals surface area contributed by atoms with E-state index in [2.05, 4.69) is 5.32 Å². The van der Waals surface area contributed by atoms with Crippen molar-refractivity contribution < 1.29 is 24.2 Å². The lowest BCUT2D eigenvalue weighted by Gasteiger charge is -2.20. The van der Waals surface area contributed by atoms with Crippen molar-refractivity contribution in [2.24, 2.45) is 5.41 Å². The maximum Gasteiger partial charge on any atom is 0.311 e. The highest BCUT2D eigenvalue weighted by Crippen LogP contribution is 2.45. The van der Waals surface area contributed by atoms with Crippen LogP contribution in [0.5, 0.6) is 11.5 Å². The average molecular weight is 312 g/mol. The summed E-state index contributed by atoms with van der Waals surface area (Å²) in [6, 6.07) is 3.04. The molecule has 0 atom stereocenters. The Morgan fingerprint density at radius 3 is 2.67 bits per heavy atom. The van der Waals surface area contributed by atoms with Gasteiger partial charge in [-0.05, 0) is 25.0 Å². The number of hydrogen-bond acceptors (Lipinski definition) is 4. The molecule has 1 aliphatic heterocycles. The molecule has 1 fully saturated rings. The van der Waals surface area contributed by atoms with Gasteiger partial charge >= 0.3 is 5.97 Å². The number of carboxylic acids is 1. The van der Waals surface area contributed by atoms with Crippen LogP contribution in [-0.4, -0.2) is 36.7 Å². The van der Waals surface area contributed by atoms with Crippen LogP contribution in [0.4, 0.5) is 0 Å². The van der Waals surface area contributed by atoms with Gasteiger partial charge in [-0.15, -0.1) is 0 Å². The number of carboxylic acid groups (broad SMARTS) is 1. The number of rotatable bonds is 4. The van der Waals surface area contributed by atoms with Crippen LogP contribution in [0, 0.1) is 5.41 Å². The van der Waals surface area contributed by atoms with E-state index in [1.54, 1.807) is 6.07 Å². The monoisotopic (exact) mass is 311 g/mol. The number of amides is 1. The highest BCUT2D eigenvalue weighted by Gasteiger charge is 2.50. The Morgan fingerprint density at radius 1 is 1.29 bits per heavy atom. The van der Waals surface area contributed by atoms with Crippen molar-refractivity contribution >= 4 is 23.5 Å². The van der Waals surface area contributed by atoms with Gasteiger partial charge in [-0.3, -0.25) is 9.59 Å². The standard InChI is InChI=1S/C14H14ClNO5/c15-9-5-8(6-10-11(9)21-4-3-20-10)12(17)16-7-14(1-2-14)13(18)19/h5-6H,1-4,7H2,(H,16,17)(H,18,19). The van der Waals surface area contributed by atoms with Gasteiger partial charge in [0.25, 0.3) is 5.91 Å². The molecule has 2 N–H and O–H groups in total. The van der Waals surface area contributed by atoms with Crippen LogP contribution in [0.3, 0.4) is 0 Å². The molecule has 1 aromatic rings. The predicted octanol–water partition coefficient (Wildman–Crippen LogP) is 1.71. The number of halogens is 1. The Hall–Kier alpha value is -1.95. The molecule has 1 aliphatic carbocycles. The van der Waals surface area contributed by atoms with Gasteiger partial charge in [0.1, 0.15) is 13.2 Å². The molecule has 0 saturated heterocycles. The number of fused-ring (bicyclic) bond motifs is 1. The molecule has 3 rings (SSSR count). The van der Waals surface area contributed by atoms with Crippen molar-refractivity contribution in [1.82, 2.24) is 5.32 Å². The Morgan fingerprint density at radius 2 is 2.00 bits per heavy atom. The summed E-state index contributed by atoms with van der Waals surface area (Å²) in [5, 5.41) is 12.0. The number of carbonyl (C=O) groups is 2. The molecule has 21 heavy (non-hydrogen) atoms. The van der Waals surface area contributed by atoms with E-state index in [0.29, 0.717) is 48.1 Å². The lowest BCUT2D eigenvalue weighted by Crippen LogP contribution is -2.34. The molecule has 1 saturated carbocycles. The molecule has 0 aromatic heterocycles. The summed E-state index contributed by atoms with van der Waals surface area (Å²) in [6.07, 6.45) is 1.18. The van der Waals surface area contributed by atoms with E-state index < -0.39 is 11.4 Å². The highest BCUT2D eigenvalue weighted by atomic mass is 35.5. The largest absolute Gasteiger partial charge is 0.486 e. The average Bonchev–Trinajstić information content (AvgIpc) is 3.26. The fourth-order valence-corrected chi connectivity index (χ4v) is 2.48. The van der Waals surface area contributed by atoms with Gasteiger partial charge in [-0.25, -0.2) is 0 Å². The van der Waals surface area contributed by atoms with E-state index in [1.165, 1.54) is 6.07 Å². The lowest BCUT2D eigenvalue weighted by atomic mass is 10.1. The fourth-order valence-electron chi connectivity index (χ4n) is 2.21.